The van der Waals surface area contributed by atoms with E-state index in [-0.39, 0.29) is 16.3 Å². The molecule has 0 unspecified atom stereocenters. The summed E-state index contributed by atoms with van der Waals surface area (Å²) >= 11 is 3.35. The smallest absolute Gasteiger partial charge is 0.241 e. The molecular formula is C18H18BrNO4S. The molecule has 2 rings (SSSR count). The zero-order valence-electron chi connectivity index (χ0n) is 13.8. The van der Waals surface area contributed by atoms with Gasteiger partial charge in [0.05, 0.1) is 18.0 Å². The van der Waals surface area contributed by atoms with Crippen molar-refractivity contribution in [3.63, 3.8) is 0 Å². The van der Waals surface area contributed by atoms with E-state index in [2.05, 4.69) is 27.2 Å². The number of rotatable bonds is 7. The van der Waals surface area contributed by atoms with Gasteiger partial charge < -0.3 is 4.74 Å². The van der Waals surface area contributed by atoms with E-state index in [9.17, 15) is 13.2 Å². The number of hydrogen-bond acceptors (Lipinski definition) is 4. The number of carbonyl (C=O) groups is 1. The van der Waals surface area contributed by atoms with Gasteiger partial charge in [-0.3, -0.25) is 4.79 Å². The third kappa shape index (κ3) is 4.78. The van der Waals surface area contributed by atoms with Gasteiger partial charge in [0, 0.05) is 10.0 Å². The van der Waals surface area contributed by atoms with Crippen molar-refractivity contribution in [3.8, 4) is 5.75 Å². The number of carbonyl (C=O) groups excluding carboxylic acids is 1. The Bertz CT molecular complexity index is 892. The standard InChI is InChI=1S/C18H18BrNO4S/c1-12(13(2)21)18(14-5-4-6-15(19)11-14)20-25(22,23)17-9-7-16(24-3)8-10-17/h4-11,18,20H,1H2,2-3H3/t18-/m1/s1. The van der Waals surface area contributed by atoms with Crippen molar-refractivity contribution in [3.05, 3.63) is 70.7 Å². The molecule has 0 aliphatic rings. The molecule has 0 saturated heterocycles. The Hall–Kier alpha value is -1.96. The van der Waals surface area contributed by atoms with Gasteiger partial charge in [-0.25, -0.2) is 8.42 Å². The molecular weight excluding hydrogens is 406 g/mol. The Morgan fingerprint density at radius 1 is 1.20 bits per heavy atom. The van der Waals surface area contributed by atoms with Crippen molar-refractivity contribution in [2.75, 3.05) is 7.11 Å². The van der Waals surface area contributed by atoms with Crippen LogP contribution < -0.4 is 9.46 Å². The summed E-state index contributed by atoms with van der Waals surface area (Å²) in [7, 11) is -2.36. The topological polar surface area (TPSA) is 72.5 Å². The van der Waals surface area contributed by atoms with E-state index in [1.165, 1.54) is 26.2 Å². The highest BCUT2D eigenvalue weighted by Crippen LogP contribution is 2.26. The van der Waals surface area contributed by atoms with E-state index in [0.717, 1.165) is 4.47 Å². The molecule has 0 amide bonds. The predicted molar refractivity (Wildman–Crippen MR) is 100 cm³/mol. The Labute approximate surface area is 155 Å². The SMILES string of the molecule is C=C(C(C)=O)[C@@H](NS(=O)(=O)c1ccc(OC)cc1)c1cccc(Br)c1. The normalized spacial score (nSPS) is 12.4. The number of benzene rings is 2. The zero-order chi connectivity index (χ0) is 18.6. The van der Waals surface area contributed by atoms with Gasteiger partial charge in [0.1, 0.15) is 5.75 Å². The molecule has 0 radical (unpaired) electrons. The van der Waals surface area contributed by atoms with Crippen molar-refractivity contribution in [1.82, 2.24) is 4.72 Å². The van der Waals surface area contributed by atoms with Gasteiger partial charge in [0.25, 0.3) is 0 Å². The first-order valence-electron chi connectivity index (χ1n) is 7.36. The molecule has 2 aromatic carbocycles. The lowest BCUT2D eigenvalue weighted by molar-refractivity contribution is -0.113. The number of sulfonamides is 1. The van der Waals surface area contributed by atoms with Crippen LogP contribution in [0.5, 0.6) is 5.75 Å². The van der Waals surface area contributed by atoms with Gasteiger partial charge in [-0.2, -0.15) is 4.72 Å². The van der Waals surface area contributed by atoms with Crippen molar-refractivity contribution in [2.45, 2.75) is 17.9 Å². The molecule has 0 bridgehead atoms. The number of ether oxygens (including phenoxy) is 1. The van der Waals surface area contributed by atoms with Gasteiger partial charge in [0.2, 0.25) is 10.0 Å². The highest BCUT2D eigenvalue weighted by Gasteiger charge is 2.25. The van der Waals surface area contributed by atoms with Gasteiger partial charge in [0.15, 0.2) is 5.78 Å². The Balaban J connectivity index is 2.41. The number of ketones is 1. The molecule has 0 heterocycles. The minimum Gasteiger partial charge on any atom is -0.497 e. The van der Waals surface area contributed by atoms with Crippen LogP contribution in [0.1, 0.15) is 18.5 Å². The van der Waals surface area contributed by atoms with E-state index >= 15 is 0 Å². The minimum absolute atomic E-state index is 0.0737. The highest BCUT2D eigenvalue weighted by molar-refractivity contribution is 9.10. The van der Waals surface area contributed by atoms with Crippen LogP contribution in [0.3, 0.4) is 0 Å². The summed E-state index contributed by atoms with van der Waals surface area (Å²) in [6.07, 6.45) is 0. The van der Waals surface area contributed by atoms with Crippen molar-refractivity contribution in [2.24, 2.45) is 0 Å². The first-order valence-corrected chi connectivity index (χ1v) is 9.64. The quantitative estimate of drug-likeness (QED) is 0.690. The molecule has 25 heavy (non-hydrogen) atoms. The monoisotopic (exact) mass is 423 g/mol. The van der Waals surface area contributed by atoms with Crippen LogP contribution in [0.15, 0.2) is 70.1 Å². The number of nitrogens with one attached hydrogen (secondary N) is 1. The minimum atomic E-state index is -3.86. The maximum absolute atomic E-state index is 12.7. The molecule has 0 aliphatic heterocycles. The van der Waals surface area contributed by atoms with E-state index in [4.69, 9.17) is 4.74 Å². The van der Waals surface area contributed by atoms with E-state index in [1.54, 1.807) is 30.3 Å². The van der Waals surface area contributed by atoms with Crippen LogP contribution >= 0.6 is 15.9 Å². The Morgan fingerprint density at radius 3 is 2.36 bits per heavy atom. The van der Waals surface area contributed by atoms with Crippen molar-refractivity contribution >= 4 is 31.7 Å². The van der Waals surface area contributed by atoms with Gasteiger partial charge >= 0.3 is 0 Å². The summed E-state index contributed by atoms with van der Waals surface area (Å²) in [6, 6.07) is 12.2. The number of methoxy groups -OCH3 is 1. The van der Waals surface area contributed by atoms with Crippen LogP contribution in [0.25, 0.3) is 0 Å². The van der Waals surface area contributed by atoms with Crippen LogP contribution in [0, 0.1) is 0 Å². The summed E-state index contributed by atoms with van der Waals surface area (Å²) in [5.41, 5.74) is 0.779. The van der Waals surface area contributed by atoms with E-state index in [1.807, 2.05) is 6.07 Å². The zero-order valence-corrected chi connectivity index (χ0v) is 16.2. The third-order valence-corrected chi connectivity index (χ3v) is 5.56. The number of hydrogen-bond donors (Lipinski definition) is 1. The van der Waals surface area contributed by atoms with Gasteiger partial charge in [-0.1, -0.05) is 34.6 Å². The third-order valence-electron chi connectivity index (χ3n) is 3.63. The lowest BCUT2D eigenvalue weighted by Gasteiger charge is -2.20. The number of Topliss-reactive ketones (excluding diaryl/α,β-unsaturated/α-hetero) is 1. The van der Waals surface area contributed by atoms with Crippen LogP contribution in [-0.4, -0.2) is 21.3 Å². The van der Waals surface area contributed by atoms with Crippen LogP contribution in [0.2, 0.25) is 0 Å². The molecule has 1 N–H and O–H groups in total. The maximum atomic E-state index is 12.7. The fourth-order valence-electron chi connectivity index (χ4n) is 2.21. The Morgan fingerprint density at radius 2 is 1.84 bits per heavy atom. The van der Waals surface area contributed by atoms with Crippen LogP contribution in [0.4, 0.5) is 0 Å². The molecule has 132 valence electrons. The summed E-state index contributed by atoms with van der Waals surface area (Å²) < 4.78 is 33.8. The van der Waals surface area contributed by atoms with E-state index in [0.29, 0.717) is 11.3 Å². The fourth-order valence-corrected chi connectivity index (χ4v) is 3.84. The van der Waals surface area contributed by atoms with Gasteiger partial charge in [-0.15, -0.1) is 0 Å². The average molecular weight is 424 g/mol. The second-order valence-corrected chi connectivity index (χ2v) is 8.00. The first-order chi connectivity index (χ1) is 11.7. The number of halogens is 1. The van der Waals surface area contributed by atoms with Crippen LogP contribution in [-0.2, 0) is 14.8 Å². The summed E-state index contributed by atoms with van der Waals surface area (Å²) in [6.45, 7) is 5.11. The first kappa shape index (κ1) is 19.4. The average Bonchev–Trinajstić information content (AvgIpc) is 2.59. The second-order valence-electron chi connectivity index (χ2n) is 5.37. The molecule has 0 fully saturated rings. The summed E-state index contributed by atoms with van der Waals surface area (Å²) in [5, 5.41) is 0. The summed E-state index contributed by atoms with van der Waals surface area (Å²) in [5.74, 6) is 0.262. The molecule has 5 nitrogen and oxygen atoms in total. The second kappa shape index (κ2) is 7.95. The van der Waals surface area contributed by atoms with E-state index < -0.39 is 16.1 Å². The van der Waals surface area contributed by atoms with Crippen molar-refractivity contribution < 1.29 is 17.9 Å². The molecule has 7 heteroatoms. The molecule has 0 aromatic heterocycles. The largest absolute Gasteiger partial charge is 0.497 e. The summed E-state index contributed by atoms with van der Waals surface area (Å²) in [4.78, 5) is 11.9. The van der Waals surface area contributed by atoms with Crippen molar-refractivity contribution in [1.29, 1.82) is 0 Å². The molecule has 2 aromatic rings. The molecule has 1 atom stereocenters. The lowest BCUT2D eigenvalue weighted by atomic mass is 9.98. The highest BCUT2D eigenvalue weighted by atomic mass is 79.9. The molecule has 0 saturated carbocycles. The molecule has 0 aliphatic carbocycles. The van der Waals surface area contributed by atoms with Gasteiger partial charge in [-0.05, 0) is 48.9 Å². The molecule has 0 spiro atoms. The predicted octanol–water partition coefficient (Wildman–Crippen LogP) is 3.62. The lowest BCUT2D eigenvalue weighted by Crippen LogP contribution is -2.31. The fraction of sp³-hybridized carbons (Fsp3) is 0.167. The Kier molecular flexibility index (Phi) is 6.16. The maximum Gasteiger partial charge on any atom is 0.241 e.